The van der Waals surface area contributed by atoms with Gasteiger partial charge in [-0.1, -0.05) is 18.2 Å². The Balaban J connectivity index is 1.96. The third kappa shape index (κ3) is 3.17. The SMILES string of the molecule is CC(NCc1cccc(C(F)F)c1)c1ccco1. The number of halogens is 2. The van der Waals surface area contributed by atoms with Gasteiger partial charge < -0.3 is 9.73 Å². The van der Waals surface area contributed by atoms with Crippen molar-refractivity contribution in [3.05, 3.63) is 59.5 Å². The summed E-state index contributed by atoms with van der Waals surface area (Å²) in [5.74, 6) is 0.833. The molecule has 2 nitrogen and oxygen atoms in total. The second-order valence-corrected chi connectivity index (χ2v) is 4.16. The third-order valence-corrected chi connectivity index (χ3v) is 2.79. The van der Waals surface area contributed by atoms with Gasteiger partial charge in [0.1, 0.15) is 5.76 Å². The summed E-state index contributed by atoms with van der Waals surface area (Å²) in [6, 6.07) is 10.2. The van der Waals surface area contributed by atoms with Crippen molar-refractivity contribution in [2.45, 2.75) is 25.9 Å². The van der Waals surface area contributed by atoms with Crippen LogP contribution >= 0.6 is 0 Å². The summed E-state index contributed by atoms with van der Waals surface area (Å²) in [7, 11) is 0. The second-order valence-electron chi connectivity index (χ2n) is 4.16. The maximum Gasteiger partial charge on any atom is 0.263 e. The van der Waals surface area contributed by atoms with E-state index in [1.165, 1.54) is 12.1 Å². The Hall–Kier alpha value is -1.68. The number of nitrogens with one attached hydrogen (secondary N) is 1. The Labute approximate surface area is 105 Å². The summed E-state index contributed by atoms with van der Waals surface area (Å²) in [5.41, 5.74) is 0.895. The molecule has 0 radical (unpaired) electrons. The van der Waals surface area contributed by atoms with Crippen LogP contribution in [0.3, 0.4) is 0 Å². The summed E-state index contributed by atoms with van der Waals surface area (Å²) in [6.07, 6.45) is -0.808. The van der Waals surface area contributed by atoms with Gasteiger partial charge in [-0.2, -0.15) is 0 Å². The Bertz CT molecular complexity index is 482. The van der Waals surface area contributed by atoms with Gasteiger partial charge in [-0.3, -0.25) is 0 Å². The standard InChI is InChI=1S/C14H15F2NO/c1-10(13-6-3-7-18-13)17-9-11-4-2-5-12(8-11)14(15)16/h2-8,10,14,17H,9H2,1H3. The van der Waals surface area contributed by atoms with E-state index in [0.717, 1.165) is 11.3 Å². The van der Waals surface area contributed by atoms with Crippen molar-refractivity contribution in [1.82, 2.24) is 5.32 Å². The van der Waals surface area contributed by atoms with E-state index in [-0.39, 0.29) is 11.6 Å². The van der Waals surface area contributed by atoms with Crippen LogP contribution in [-0.2, 0) is 6.54 Å². The van der Waals surface area contributed by atoms with Crippen LogP contribution in [-0.4, -0.2) is 0 Å². The molecule has 0 aliphatic carbocycles. The molecule has 18 heavy (non-hydrogen) atoms. The lowest BCUT2D eigenvalue weighted by molar-refractivity contribution is 0.151. The van der Waals surface area contributed by atoms with Crippen LogP contribution in [0.5, 0.6) is 0 Å². The summed E-state index contributed by atoms with van der Waals surface area (Å²) >= 11 is 0. The minimum Gasteiger partial charge on any atom is -0.468 e. The molecular weight excluding hydrogens is 236 g/mol. The molecule has 96 valence electrons. The highest BCUT2D eigenvalue weighted by atomic mass is 19.3. The largest absolute Gasteiger partial charge is 0.468 e. The molecule has 4 heteroatoms. The van der Waals surface area contributed by atoms with Crippen LogP contribution in [0.4, 0.5) is 8.78 Å². The number of alkyl halides is 2. The molecular formula is C14H15F2NO. The second kappa shape index (κ2) is 5.78. The number of benzene rings is 1. The van der Waals surface area contributed by atoms with Crippen molar-refractivity contribution in [3.8, 4) is 0 Å². The summed E-state index contributed by atoms with van der Waals surface area (Å²) in [6.45, 7) is 2.50. The van der Waals surface area contributed by atoms with E-state index < -0.39 is 6.43 Å². The first kappa shape index (κ1) is 12.8. The predicted octanol–water partition coefficient (Wildman–Crippen LogP) is 4.07. The van der Waals surface area contributed by atoms with E-state index in [2.05, 4.69) is 5.32 Å². The van der Waals surface area contributed by atoms with Crippen LogP contribution < -0.4 is 5.32 Å². The molecule has 0 amide bonds. The Morgan fingerprint density at radius 1 is 1.22 bits per heavy atom. The van der Waals surface area contributed by atoms with Gasteiger partial charge in [0.05, 0.1) is 12.3 Å². The molecule has 2 rings (SSSR count). The summed E-state index contributed by atoms with van der Waals surface area (Å²) < 4.78 is 30.3. The van der Waals surface area contributed by atoms with Gasteiger partial charge in [-0.15, -0.1) is 0 Å². The van der Waals surface area contributed by atoms with Gasteiger partial charge in [-0.05, 0) is 30.7 Å². The smallest absolute Gasteiger partial charge is 0.263 e. The van der Waals surface area contributed by atoms with Crippen molar-refractivity contribution in [3.63, 3.8) is 0 Å². The quantitative estimate of drug-likeness (QED) is 0.866. The Morgan fingerprint density at radius 3 is 2.72 bits per heavy atom. The minimum atomic E-state index is -2.42. The zero-order valence-corrected chi connectivity index (χ0v) is 10.1. The molecule has 1 aromatic carbocycles. The van der Waals surface area contributed by atoms with Gasteiger partial charge in [-0.25, -0.2) is 8.78 Å². The Kier molecular flexibility index (Phi) is 4.10. The van der Waals surface area contributed by atoms with E-state index >= 15 is 0 Å². The lowest BCUT2D eigenvalue weighted by Crippen LogP contribution is -2.17. The monoisotopic (exact) mass is 251 g/mol. The number of hydrogen-bond donors (Lipinski definition) is 1. The van der Waals surface area contributed by atoms with Crippen LogP contribution in [0.25, 0.3) is 0 Å². The van der Waals surface area contributed by atoms with E-state index in [4.69, 9.17) is 4.42 Å². The first-order valence-corrected chi connectivity index (χ1v) is 5.80. The molecule has 1 heterocycles. The van der Waals surface area contributed by atoms with E-state index in [1.54, 1.807) is 12.3 Å². The molecule has 2 aromatic rings. The first-order valence-electron chi connectivity index (χ1n) is 5.80. The van der Waals surface area contributed by atoms with Crippen LogP contribution in [0, 0.1) is 0 Å². The Morgan fingerprint density at radius 2 is 2.06 bits per heavy atom. The van der Waals surface area contributed by atoms with Crippen LogP contribution in [0.15, 0.2) is 47.1 Å². The van der Waals surface area contributed by atoms with Crippen molar-refractivity contribution in [1.29, 1.82) is 0 Å². The molecule has 1 unspecified atom stereocenters. The molecule has 1 atom stereocenters. The van der Waals surface area contributed by atoms with Gasteiger partial charge in [0.15, 0.2) is 0 Å². The highest BCUT2D eigenvalue weighted by molar-refractivity contribution is 5.24. The van der Waals surface area contributed by atoms with Gasteiger partial charge in [0.2, 0.25) is 0 Å². The minimum absolute atomic E-state index is 0.0511. The van der Waals surface area contributed by atoms with Gasteiger partial charge in [0.25, 0.3) is 6.43 Å². The normalized spacial score (nSPS) is 12.9. The van der Waals surface area contributed by atoms with Gasteiger partial charge in [0, 0.05) is 12.1 Å². The fourth-order valence-corrected chi connectivity index (χ4v) is 1.75. The molecule has 1 aromatic heterocycles. The molecule has 0 aliphatic heterocycles. The van der Waals surface area contributed by atoms with Crippen molar-refractivity contribution < 1.29 is 13.2 Å². The zero-order valence-electron chi connectivity index (χ0n) is 10.1. The highest BCUT2D eigenvalue weighted by Gasteiger charge is 2.09. The van der Waals surface area contributed by atoms with Crippen LogP contribution in [0.2, 0.25) is 0 Å². The van der Waals surface area contributed by atoms with Crippen molar-refractivity contribution in [2.75, 3.05) is 0 Å². The van der Waals surface area contributed by atoms with Gasteiger partial charge >= 0.3 is 0 Å². The molecule has 0 fully saturated rings. The first-order chi connectivity index (χ1) is 8.66. The number of hydrogen-bond acceptors (Lipinski definition) is 2. The molecule has 0 spiro atoms. The zero-order chi connectivity index (χ0) is 13.0. The third-order valence-electron chi connectivity index (χ3n) is 2.79. The topological polar surface area (TPSA) is 25.2 Å². The molecule has 0 bridgehead atoms. The fourth-order valence-electron chi connectivity index (χ4n) is 1.75. The predicted molar refractivity (Wildman–Crippen MR) is 65.4 cm³/mol. The van der Waals surface area contributed by atoms with Crippen LogP contribution in [0.1, 0.15) is 36.3 Å². The summed E-state index contributed by atoms with van der Waals surface area (Å²) in [5, 5.41) is 3.23. The highest BCUT2D eigenvalue weighted by Crippen LogP contribution is 2.20. The number of rotatable bonds is 5. The average molecular weight is 251 g/mol. The van der Waals surface area contributed by atoms with E-state index in [0.29, 0.717) is 6.54 Å². The lowest BCUT2D eigenvalue weighted by atomic mass is 10.1. The molecule has 1 N–H and O–H groups in total. The molecule has 0 saturated carbocycles. The lowest BCUT2D eigenvalue weighted by Gasteiger charge is -2.12. The maximum absolute atomic E-state index is 12.5. The van der Waals surface area contributed by atoms with E-state index in [1.807, 2.05) is 25.1 Å². The number of furan rings is 1. The fraction of sp³-hybridized carbons (Fsp3) is 0.286. The summed E-state index contributed by atoms with van der Waals surface area (Å²) in [4.78, 5) is 0. The van der Waals surface area contributed by atoms with E-state index in [9.17, 15) is 8.78 Å². The van der Waals surface area contributed by atoms with Crippen molar-refractivity contribution in [2.24, 2.45) is 0 Å². The maximum atomic E-state index is 12.5. The molecule has 0 saturated heterocycles. The average Bonchev–Trinajstić information content (AvgIpc) is 2.90. The molecule has 0 aliphatic rings. The van der Waals surface area contributed by atoms with Crippen molar-refractivity contribution >= 4 is 0 Å².